The van der Waals surface area contributed by atoms with Crippen molar-refractivity contribution in [3.05, 3.63) is 30.0 Å². The fraction of sp³-hybridized carbons (Fsp3) is 0.400. The minimum atomic E-state index is 0.368. The Morgan fingerprint density at radius 1 is 1.37 bits per heavy atom. The van der Waals surface area contributed by atoms with Crippen molar-refractivity contribution in [3.8, 4) is 16.9 Å². The number of anilines is 1. The second-order valence-corrected chi connectivity index (χ2v) is 5.13. The first-order valence-corrected chi connectivity index (χ1v) is 6.60. The van der Waals surface area contributed by atoms with E-state index in [1.165, 1.54) is 12.8 Å². The smallest absolute Gasteiger partial charge is 0.230 e. The Bertz CT molecular complexity index is 588. The number of para-hydroxylation sites is 1. The summed E-state index contributed by atoms with van der Waals surface area (Å²) < 4.78 is 10.6. The molecule has 2 aromatic rings. The molecule has 3 rings (SSSR count). The Hall–Kier alpha value is -1.97. The highest BCUT2D eigenvalue weighted by Crippen LogP contribution is 2.47. The van der Waals surface area contributed by atoms with Gasteiger partial charge in [-0.15, -0.1) is 0 Å². The second-order valence-electron chi connectivity index (χ2n) is 5.13. The number of benzene rings is 1. The molecule has 1 aromatic heterocycles. The van der Waals surface area contributed by atoms with E-state index in [9.17, 15) is 0 Å². The van der Waals surface area contributed by atoms with Crippen LogP contribution in [0, 0.1) is 5.92 Å². The molecule has 19 heavy (non-hydrogen) atoms. The van der Waals surface area contributed by atoms with Crippen LogP contribution in [0.4, 0.5) is 5.88 Å². The third kappa shape index (κ3) is 2.07. The lowest BCUT2D eigenvalue weighted by Gasteiger charge is -2.11. The number of nitrogen functional groups attached to an aromatic ring is 1. The normalized spacial score (nSPS) is 16.3. The molecule has 1 heterocycles. The number of methoxy groups -OCH3 is 1. The van der Waals surface area contributed by atoms with Crippen molar-refractivity contribution in [2.24, 2.45) is 5.92 Å². The number of aromatic nitrogens is 1. The summed E-state index contributed by atoms with van der Waals surface area (Å²) in [6.45, 7) is 2.19. The van der Waals surface area contributed by atoms with Crippen LogP contribution in [0.2, 0.25) is 0 Å². The third-order valence-corrected chi connectivity index (χ3v) is 3.88. The van der Waals surface area contributed by atoms with Crippen LogP contribution in [0.15, 0.2) is 28.8 Å². The van der Waals surface area contributed by atoms with Gasteiger partial charge in [0.1, 0.15) is 5.75 Å². The van der Waals surface area contributed by atoms with Gasteiger partial charge in [0.05, 0.1) is 18.4 Å². The Balaban J connectivity index is 2.10. The van der Waals surface area contributed by atoms with Gasteiger partial charge in [-0.3, -0.25) is 0 Å². The SMILES string of the molecule is COc1ccccc1-c1c(C(C)C2CC2)noc1N. The highest BCUT2D eigenvalue weighted by molar-refractivity contribution is 5.80. The molecule has 4 nitrogen and oxygen atoms in total. The molecule has 1 saturated carbocycles. The van der Waals surface area contributed by atoms with E-state index in [-0.39, 0.29) is 0 Å². The molecule has 1 fully saturated rings. The molecular weight excluding hydrogens is 240 g/mol. The maximum Gasteiger partial charge on any atom is 0.230 e. The lowest BCUT2D eigenvalue weighted by atomic mass is 9.94. The van der Waals surface area contributed by atoms with Crippen LogP contribution in [0.3, 0.4) is 0 Å². The van der Waals surface area contributed by atoms with Gasteiger partial charge in [-0.05, 0) is 24.8 Å². The Morgan fingerprint density at radius 3 is 2.79 bits per heavy atom. The van der Waals surface area contributed by atoms with Crippen molar-refractivity contribution >= 4 is 5.88 Å². The molecule has 0 radical (unpaired) electrons. The van der Waals surface area contributed by atoms with Crippen molar-refractivity contribution in [1.82, 2.24) is 5.16 Å². The topological polar surface area (TPSA) is 61.3 Å². The van der Waals surface area contributed by atoms with Crippen LogP contribution in [0.1, 0.15) is 31.4 Å². The summed E-state index contributed by atoms with van der Waals surface area (Å²) in [6.07, 6.45) is 2.53. The van der Waals surface area contributed by atoms with E-state index in [0.717, 1.165) is 22.6 Å². The molecule has 0 aliphatic heterocycles. The highest BCUT2D eigenvalue weighted by Gasteiger charge is 2.34. The molecule has 2 N–H and O–H groups in total. The zero-order valence-corrected chi connectivity index (χ0v) is 11.2. The molecule has 100 valence electrons. The van der Waals surface area contributed by atoms with E-state index < -0.39 is 0 Å². The van der Waals surface area contributed by atoms with Crippen LogP contribution in [0.25, 0.3) is 11.1 Å². The molecule has 1 aromatic carbocycles. The molecule has 1 aliphatic rings. The van der Waals surface area contributed by atoms with E-state index in [2.05, 4.69) is 12.1 Å². The zero-order chi connectivity index (χ0) is 13.4. The van der Waals surface area contributed by atoms with Crippen molar-refractivity contribution < 1.29 is 9.26 Å². The van der Waals surface area contributed by atoms with Crippen molar-refractivity contribution in [2.75, 3.05) is 12.8 Å². The molecule has 0 bridgehead atoms. The standard InChI is InChI=1S/C15H18N2O2/c1-9(10-7-8-10)14-13(15(16)19-17-14)11-5-3-4-6-12(11)18-2/h3-6,9-10H,7-8,16H2,1-2H3. The molecule has 0 amide bonds. The fourth-order valence-electron chi connectivity index (χ4n) is 2.57. The van der Waals surface area contributed by atoms with Gasteiger partial charge >= 0.3 is 0 Å². The first-order chi connectivity index (χ1) is 9.22. The second kappa shape index (κ2) is 4.61. The van der Waals surface area contributed by atoms with Crippen molar-refractivity contribution in [3.63, 3.8) is 0 Å². The predicted molar refractivity (Wildman–Crippen MR) is 74.0 cm³/mol. The van der Waals surface area contributed by atoms with Gasteiger partial charge < -0.3 is 15.0 Å². The fourth-order valence-corrected chi connectivity index (χ4v) is 2.57. The van der Waals surface area contributed by atoms with E-state index in [0.29, 0.717) is 17.7 Å². The van der Waals surface area contributed by atoms with E-state index >= 15 is 0 Å². The highest BCUT2D eigenvalue weighted by atomic mass is 16.5. The van der Waals surface area contributed by atoms with Gasteiger partial charge in [-0.2, -0.15) is 0 Å². The summed E-state index contributed by atoms with van der Waals surface area (Å²) in [6, 6.07) is 7.82. The summed E-state index contributed by atoms with van der Waals surface area (Å²) in [4.78, 5) is 0. The molecule has 0 spiro atoms. The van der Waals surface area contributed by atoms with Gasteiger partial charge in [-0.1, -0.05) is 30.3 Å². The Morgan fingerprint density at radius 2 is 2.11 bits per heavy atom. The van der Waals surface area contributed by atoms with Crippen LogP contribution in [-0.4, -0.2) is 12.3 Å². The quantitative estimate of drug-likeness (QED) is 0.912. The molecule has 1 unspecified atom stereocenters. The van der Waals surface area contributed by atoms with Gasteiger partial charge in [0.25, 0.3) is 0 Å². The summed E-state index contributed by atoms with van der Waals surface area (Å²) in [7, 11) is 1.66. The summed E-state index contributed by atoms with van der Waals surface area (Å²) in [5.41, 5.74) is 8.76. The molecule has 1 aliphatic carbocycles. The minimum Gasteiger partial charge on any atom is -0.496 e. The number of nitrogens with two attached hydrogens (primary N) is 1. The first-order valence-electron chi connectivity index (χ1n) is 6.60. The maximum absolute atomic E-state index is 5.97. The Labute approximate surface area is 112 Å². The van der Waals surface area contributed by atoms with Gasteiger partial charge in [0, 0.05) is 11.5 Å². The third-order valence-electron chi connectivity index (χ3n) is 3.88. The van der Waals surface area contributed by atoms with E-state index in [1.54, 1.807) is 7.11 Å². The minimum absolute atomic E-state index is 0.368. The number of hydrogen-bond donors (Lipinski definition) is 1. The summed E-state index contributed by atoms with van der Waals surface area (Å²) >= 11 is 0. The average molecular weight is 258 g/mol. The lowest BCUT2D eigenvalue weighted by Crippen LogP contribution is -2.00. The van der Waals surface area contributed by atoms with Crippen LogP contribution >= 0.6 is 0 Å². The number of rotatable bonds is 4. The Kier molecular flexibility index (Phi) is 2.93. The van der Waals surface area contributed by atoms with E-state index in [1.807, 2.05) is 24.3 Å². The number of hydrogen-bond acceptors (Lipinski definition) is 4. The average Bonchev–Trinajstić information content (AvgIpc) is 3.21. The summed E-state index contributed by atoms with van der Waals surface area (Å²) in [5, 5.41) is 4.17. The largest absolute Gasteiger partial charge is 0.496 e. The monoisotopic (exact) mass is 258 g/mol. The van der Waals surface area contributed by atoms with Gasteiger partial charge in [0.15, 0.2) is 0 Å². The molecular formula is C15H18N2O2. The lowest BCUT2D eigenvalue weighted by molar-refractivity contribution is 0.416. The zero-order valence-electron chi connectivity index (χ0n) is 11.2. The van der Waals surface area contributed by atoms with Crippen LogP contribution in [0.5, 0.6) is 5.75 Å². The molecule has 4 heteroatoms. The maximum atomic E-state index is 5.97. The first kappa shape index (κ1) is 12.1. The van der Waals surface area contributed by atoms with E-state index in [4.69, 9.17) is 15.0 Å². The van der Waals surface area contributed by atoms with Gasteiger partial charge in [-0.25, -0.2) is 0 Å². The number of nitrogens with zero attached hydrogens (tertiary/aromatic N) is 1. The number of ether oxygens (including phenoxy) is 1. The van der Waals surface area contributed by atoms with Crippen molar-refractivity contribution in [2.45, 2.75) is 25.7 Å². The molecule has 0 saturated heterocycles. The molecule has 1 atom stereocenters. The van der Waals surface area contributed by atoms with Gasteiger partial charge in [0.2, 0.25) is 5.88 Å². The van der Waals surface area contributed by atoms with Crippen LogP contribution < -0.4 is 10.5 Å². The predicted octanol–water partition coefficient (Wildman–Crippen LogP) is 3.45. The van der Waals surface area contributed by atoms with Crippen molar-refractivity contribution in [1.29, 1.82) is 0 Å². The van der Waals surface area contributed by atoms with Crippen LogP contribution in [-0.2, 0) is 0 Å². The summed E-state index contributed by atoms with van der Waals surface area (Å²) in [5.74, 6) is 2.24.